The minimum Gasteiger partial charge on any atom is -0.438 e. The van der Waals surface area contributed by atoms with E-state index in [1.165, 1.54) is 18.3 Å². The number of amides is 1. The largest absolute Gasteiger partial charge is 0.438 e. The number of hydrogen-bond donors (Lipinski definition) is 2. The number of pyridine rings is 1. The van der Waals surface area contributed by atoms with Crippen LogP contribution < -0.4 is 14.8 Å². The second kappa shape index (κ2) is 9.90. The summed E-state index contributed by atoms with van der Waals surface area (Å²) in [6.45, 7) is 0.741. The number of halogens is 1. The first kappa shape index (κ1) is 22.0. The number of aromatic nitrogens is 1. The van der Waals surface area contributed by atoms with Gasteiger partial charge in [-0.1, -0.05) is 11.6 Å². The molecule has 11 heteroatoms. The second-order valence-corrected chi connectivity index (χ2v) is 9.52. The Morgan fingerprint density at radius 1 is 1.17 bits per heavy atom. The third-order valence-corrected chi connectivity index (χ3v) is 6.85. The first-order valence-corrected chi connectivity index (χ1v) is 11.3. The molecule has 0 radical (unpaired) electrons. The van der Waals surface area contributed by atoms with Crippen molar-refractivity contribution in [3.63, 3.8) is 0 Å². The number of thiophene rings is 1. The molecule has 0 unspecified atom stereocenters. The van der Waals surface area contributed by atoms with Gasteiger partial charge in [0.2, 0.25) is 5.88 Å². The molecule has 2 heterocycles. The third kappa shape index (κ3) is 5.70. The van der Waals surface area contributed by atoms with Crippen LogP contribution in [0.3, 0.4) is 0 Å². The van der Waals surface area contributed by atoms with E-state index in [0.29, 0.717) is 28.9 Å². The summed E-state index contributed by atoms with van der Waals surface area (Å²) in [6.07, 6.45) is 1.51. The molecule has 0 aliphatic rings. The van der Waals surface area contributed by atoms with Crippen molar-refractivity contribution in [1.82, 2.24) is 10.3 Å². The summed E-state index contributed by atoms with van der Waals surface area (Å²) < 4.78 is 38.3. The first-order chi connectivity index (χ1) is 14.4. The minimum atomic E-state index is -3.73. The number of carbonyl (C=O) groups excluding carboxylic acids is 1. The highest BCUT2D eigenvalue weighted by Crippen LogP contribution is 2.28. The number of methoxy groups -OCH3 is 1. The molecule has 0 spiro atoms. The van der Waals surface area contributed by atoms with Gasteiger partial charge in [-0.05, 0) is 48.5 Å². The fourth-order valence-corrected chi connectivity index (χ4v) is 4.90. The van der Waals surface area contributed by atoms with Gasteiger partial charge in [-0.2, -0.15) is 0 Å². The van der Waals surface area contributed by atoms with E-state index in [9.17, 15) is 13.2 Å². The van der Waals surface area contributed by atoms with Gasteiger partial charge >= 0.3 is 0 Å². The number of rotatable bonds is 9. The molecule has 0 saturated heterocycles. The van der Waals surface area contributed by atoms with E-state index in [-0.39, 0.29) is 21.6 Å². The van der Waals surface area contributed by atoms with Crippen molar-refractivity contribution in [3.8, 4) is 11.6 Å². The van der Waals surface area contributed by atoms with Gasteiger partial charge in [0.15, 0.2) is 0 Å². The Balaban J connectivity index is 1.70. The summed E-state index contributed by atoms with van der Waals surface area (Å²) in [6, 6.07) is 12.4. The molecule has 8 nitrogen and oxygen atoms in total. The number of anilines is 1. The van der Waals surface area contributed by atoms with Gasteiger partial charge in [-0.25, -0.2) is 13.4 Å². The summed E-state index contributed by atoms with van der Waals surface area (Å²) in [4.78, 5) is 16.4. The van der Waals surface area contributed by atoms with Crippen molar-refractivity contribution in [1.29, 1.82) is 0 Å². The summed E-state index contributed by atoms with van der Waals surface area (Å²) in [7, 11) is -2.18. The maximum atomic E-state index is 12.4. The normalized spacial score (nSPS) is 11.1. The monoisotopic (exact) mass is 467 g/mol. The SMILES string of the molecule is COCCNC(=O)c1cccnc1Oc1ccc(NS(=O)(=O)c2ccc(Cl)s2)cc1. The van der Waals surface area contributed by atoms with Crippen molar-refractivity contribution in [2.75, 3.05) is 25.0 Å². The Bertz CT molecular complexity index is 1120. The summed E-state index contributed by atoms with van der Waals surface area (Å²) in [5.41, 5.74) is 0.624. The topological polar surface area (TPSA) is 107 Å². The molecule has 0 aliphatic carbocycles. The standard InChI is InChI=1S/C19H18ClN3O5S2/c1-27-12-11-21-18(24)15-3-2-10-22-19(15)28-14-6-4-13(5-7-14)23-30(25,26)17-9-8-16(20)29-17/h2-10,23H,11-12H2,1H3,(H,21,24). The highest BCUT2D eigenvalue weighted by Gasteiger charge is 2.17. The van der Waals surface area contributed by atoms with E-state index in [1.54, 1.807) is 43.5 Å². The highest BCUT2D eigenvalue weighted by atomic mass is 35.5. The zero-order valence-electron chi connectivity index (χ0n) is 15.8. The Morgan fingerprint density at radius 2 is 1.93 bits per heavy atom. The molecule has 0 bridgehead atoms. The lowest BCUT2D eigenvalue weighted by Crippen LogP contribution is -2.27. The van der Waals surface area contributed by atoms with Gasteiger partial charge in [0.1, 0.15) is 15.5 Å². The highest BCUT2D eigenvalue weighted by molar-refractivity contribution is 7.94. The molecule has 0 saturated carbocycles. The fraction of sp³-hybridized carbons (Fsp3) is 0.158. The molecule has 3 rings (SSSR count). The molecule has 2 N–H and O–H groups in total. The van der Waals surface area contributed by atoms with E-state index in [2.05, 4.69) is 15.0 Å². The molecule has 0 atom stereocenters. The van der Waals surface area contributed by atoms with Crippen molar-refractivity contribution in [2.45, 2.75) is 4.21 Å². The first-order valence-electron chi connectivity index (χ1n) is 8.67. The number of ether oxygens (including phenoxy) is 2. The van der Waals surface area contributed by atoms with Crippen LogP contribution in [0.1, 0.15) is 10.4 Å². The summed E-state index contributed by atoms with van der Waals surface area (Å²) in [5.74, 6) is 0.185. The molecule has 0 aliphatic heterocycles. The molecular formula is C19H18ClN3O5S2. The summed E-state index contributed by atoms with van der Waals surface area (Å²) in [5, 5.41) is 2.71. The average Bonchev–Trinajstić information content (AvgIpc) is 3.17. The molecule has 1 aromatic carbocycles. The smallest absolute Gasteiger partial charge is 0.271 e. The van der Waals surface area contributed by atoms with E-state index in [0.717, 1.165) is 11.3 Å². The molecule has 30 heavy (non-hydrogen) atoms. The lowest BCUT2D eigenvalue weighted by molar-refractivity contribution is 0.0934. The lowest BCUT2D eigenvalue weighted by Gasteiger charge is -2.11. The number of carbonyl (C=O) groups is 1. The van der Waals surface area contributed by atoms with Crippen LogP contribution in [0, 0.1) is 0 Å². The maximum absolute atomic E-state index is 12.4. The summed E-state index contributed by atoms with van der Waals surface area (Å²) >= 11 is 6.77. The van der Waals surface area contributed by atoms with Crippen LogP contribution in [0.15, 0.2) is 58.9 Å². The van der Waals surface area contributed by atoms with Crippen LogP contribution in [0.25, 0.3) is 0 Å². The number of benzene rings is 1. The van der Waals surface area contributed by atoms with Gasteiger partial charge < -0.3 is 14.8 Å². The quantitative estimate of drug-likeness (QED) is 0.464. The van der Waals surface area contributed by atoms with Crippen LogP contribution in [-0.2, 0) is 14.8 Å². The van der Waals surface area contributed by atoms with Gasteiger partial charge in [-0.15, -0.1) is 11.3 Å². The predicted octanol–water partition coefficient (Wildman–Crippen LogP) is 3.77. The number of nitrogens with one attached hydrogen (secondary N) is 2. The fourth-order valence-electron chi connectivity index (χ4n) is 2.36. The van der Waals surface area contributed by atoms with Gasteiger partial charge in [-0.3, -0.25) is 9.52 Å². The average molecular weight is 468 g/mol. The zero-order chi connectivity index (χ0) is 21.6. The number of sulfonamides is 1. The van der Waals surface area contributed by atoms with Crippen molar-refractivity contribution >= 4 is 44.6 Å². The van der Waals surface area contributed by atoms with Gasteiger partial charge in [0, 0.05) is 25.5 Å². The molecule has 1 amide bonds. The van der Waals surface area contributed by atoms with Crippen LogP contribution >= 0.6 is 22.9 Å². The van der Waals surface area contributed by atoms with Gasteiger partial charge in [0.05, 0.1) is 10.9 Å². The van der Waals surface area contributed by atoms with Crippen molar-refractivity contribution in [3.05, 3.63) is 64.6 Å². The molecule has 0 fully saturated rings. The Kier molecular flexibility index (Phi) is 7.27. The van der Waals surface area contributed by atoms with Crippen LogP contribution in [0.5, 0.6) is 11.6 Å². The third-order valence-electron chi connectivity index (χ3n) is 3.74. The lowest BCUT2D eigenvalue weighted by atomic mass is 10.2. The molecular weight excluding hydrogens is 450 g/mol. The Morgan fingerprint density at radius 3 is 2.60 bits per heavy atom. The van der Waals surface area contributed by atoms with E-state index < -0.39 is 10.0 Å². The Labute approximate surface area is 182 Å². The van der Waals surface area contributed by atoms with Crippen molar-refractivity contribution in [2.24, 2.45) is 0 Å². The van der Waals surface area contributed by atoms with Gasteiger partial charge in [0.25, 0.3) is 15.9 Å². The Hall–Kier alpha value is -2.66. The van der Waals surface area contributed by atoms with Crippen LogP contribution in [0.4, 0.5) is 5.69 Å². The van der Waals surface area contributed by atoms with E-state index >= 15 is 0 Å². The van der Waals surface area contributed by atoms with E-state index in [4.69, 9.17) is 21.1 Å². The number of nitrogens with zero attached hydrogens (tertiary/aromatic N) is 1. The van der Waals surface area contributed by atoms with Crippen LogP contribution in [-0.4, -0.2) is 39.6 Å². The van der Waals surface area contributed by atoms with E-state index in [1.807, 2.05) is 0 Å². The molecule has 3 aromatic rings. The predicted molar refractivity (Wildman–Crippen MR) is 115 cm³/mol. The van der Waals surface area contributed by atoms with Crippen LogP contribution in [0.2, 0.25) is 4.34 Å². The second-order valence-electron chi connectivity index (χ2n) is 5.90. The minimum absolute atomic E-state index is 0.116. The number of hydrogen-bond acceptors (Lipinski definition) is 7. The zero-order valence-corrected chi connectivity index (χ0v) is 18.2. The van der Waals surface area contributed by atoms with Crippen molar-refractivity contribution < 1.29 is 22.7 Å². The molecule has 2 aromatic heterocycles. The maximum Gasteiger partial charge on any atom is 0.271 e. The molecule has 158 valence electrons.